The number of halogens is 1. The van der Waals surface area contributed by atoms with E-state index in [1.165, 1.54) is 6.33 Å². The van der Waals surface area contributed by atoms with E-state index in [0.717, 1.165) is 12.8 Å². The molecule has 2 atom stereocenters. The number of nitrogens with one attached hydrogen (secondary N) is 1. The highest BCUT2D eigenvalue weighted by molar-refractivity contribution is 6.31. The molecule has 94 valence electrons. The standard InChI is InChI=1S/C11H15ClN2O3/c1-6-3-8(4-7(2)16-6)17-11-9(12)10(15)13-5-14-11/h5-8H,3-4H2,1-2H3,(H,13,14,15). The van der Waals surface area contributed by atoms with Crippen molar-refractivity contribution in [1.82, 2.24) is 9.97 Å². The zero-order valence-corrected chi connectivity index (χ0v) is 10.5. The van der Waals surface area contributed by atoms with Gasteiger partial charge < -0.3 is 14.5 Å². The van der Waals surface area contributed by atoms with Crippen LogP contribution in [0.4, 0.5) is 0 Å². The molecule has 2 heterocycles. The molecule has 1 N–H and O–H groups in total. The van der Waals surface area contributed by atoms with Gasteiger partial charge in [-0.25, -0.2) is 4.98 Å². The summed E-state index contributed by atoms with van der Waals surface area (Å²) < 4.78 is 11.3. The zero-order valence-electron chi connectivity index (χ0n) is 9.77. The summed E-state index contributed by atoms with van der Waals surface area (Å²) >= 11 is 5.82. The molecule has 0 amide bonds. The normalized spacial score (nSPS) is 29.0. The minimum Gasteiger partial charge on any atom is -0.473 e. The lowest BCUT2D eigenvalue weighted by Gasteiger charge is -2.31. The Morgan fingerprint density at radius 1 is 1.47 bits per heavy atom. The van der Waals surface area contributed by atoms with E-state index in [0.29, 0.717) is 0 Å². The minimum atomic E-state index is -0.384. The molecule has 0 radical (unpaired) electrons. The summed E-state index contributed by atoms with van der Waals surface area (Å²) in [5.41, 5.74) is -0.384. The first kappa shape index (κ1) is 12.4. The molecule has 0 aliphatic carbocycles. The Kier molecular flexibility index (Phi) is 3.69. The average molecular weight is 259 g/mol. The summed E-state index contributed by atoms with van der Waals surface area (Å²) in [5, 5.41) is -0.000650. The molecule has 1 saturated heterocycles. The Balaban J connectivity index is 2.10. The Morgan fingerprint density at radius 2 is 2.12 bits per heavy atom. The molecule has 0 bridgehead atoms. The number of H-pyrrole nitrogens is 1. The minimum absolute atomic E-state index is 0.000650. The van der Waals surface area contributed by atoms with Crippen molar-refractivity contribution in [3.8, 4) is 5.88 Å². The van der Waals surface area contributed by atoms with Crippen LogP contribution in [0.25, 0.3) is 0 Å². The second kappa shape index (κ2) is 5.06. The maximum Gasteiger partial charge on any atom is 0.273 e. The molecule has 0 spiro atoms. The van der Waals surface area contributed by atoms with Crippen LogP contribution in [0.3, 0.4) is 0 Å². The van der Waals surface area contributed by atoms with Crippen molar-refractivity contribution in [2.24, 2.45) is 0 Å². The predicted octanol–water partition coefficient (Wildman–Crippen LogP) is 1.76. The van der Waals surface area contributed by atoms with Crippen molar-refractivity contribution in [2.75, 3.05) is 0 Å². The van der Waals surface area contributed by atoms with E-state index in [2.05, 4.69) is 9.97 Å². The van der Waals surface area contributed by atoms with Crippen LogP contribution in [-0.4, -0.2) is 28.3 Å². The number of hydrogen-bond donors (Lipinski definition) is 1. The monoisotopic (exact) mass is 258 g/mol. The highest BCUT2D eigenvalue weighted by Crippen LogP contribution is 2.25. The van der Waals surface area contributed by atoms with Gasteiger partial charge in [0, 0.05) is 12.8 Å². The van der Waals surface area contributed by atoms with Crippen molar-refractivity contribution in [2.45, 2.75) is 45.0 Å². The lowest BCUT2D eigenvalue weighted by Crippen LogP contribution is -2.36. The van der Waals surface area contributed by atoms with E-state index in [1.807, 2.05) is 13.8 Å². The third-order valence-corrected chi connectivity index (χ3v) is 3.03. The summed E-state index contributed by atoms with van der Waals surface area (Å²) in [7, 11) is 0. The quantitative estimate of drug-likeness (QED) is 0.878. The molecular weight excluding hydrogens is 244 g/mol. The molecule has 1 aromatic rings. The predicted molar refractivity (Wildman–Crippen MR) is 63.5 cm³/mol. The smallest absolute Gasteiger partial charge is 0.273 e. The molecule has 2 rings (SSSR count). The molecule has 2 unspecified atom stereocenters. The van der Waals surface area contributed by atoms with Crippen LogP contribution >= 0.6 is 11.6 Å². The summed E-state index contributed by atoms with van der Waals surface area (Å²) in [6.45, 7) is 4.00. The Bertz CT molecular complexity index is 439. The number of aromatic nitrogens is 2. The molecular formula is C11H15ClN2O3. The van der Waals surface area contributed by atoms with Gasteiger partial charge in [-0.15, -0.1) is 0 Å². The van der Waals surface area contributed by atoms with Gasteiger partial charge in [-0.1, -0.05) is 11.6 Å². The first-order chi connectivity index (χ1) is 8.06. The van der Waals surface area contributed by atoms with E-state index in [1.54, 1.807) is 0 Å². The van der Waals surface area contributed by atoms with Gasteiger partial charge in [0.1, 0.15) is 6.10 Å². The molecule has 1 aliphatic heterocycles. The maximum atomic E-state index is 11.3. The number of ether oxygens (including phenoxy) is 2. The third kappa shape index (κ3) is 2.98. The highest BCUT2D eigenvalue weighted by atomic mass is 35.5. The van der Waals surface area contributed by atoms with Gasteiger partial charge in [0.15, 0.2) is 5.02 Å². The first-order valence-electron chi connectivity index (χ1n) is 5.61. The molecule has 17 heavy (non-hydrogen) atoms. The van der Waals surface area contributed by atoms with Crippen LogP contribution in [0.15, 0.2) is 11.1 Å². The van der Waals surface area contributed by atoms with Gasteiger partial charge in [-0.2, -0.15) is 0 Å². The van der Waals surface area contributed by atoms with Crippen LogP contribution in [-0.2, 0) is 4.74 Å². The van der Waals surface area contributed by atoms with Crippen molar-refractivity contribution < 1.29 is 9.47 Å². The second-order valence-corrected chi connectivity index (χ2v) is 4.70. The van der Waals surface area contributed by atoms with Crippen LogP contribution in [0.1, 0.15) is 26.7 Å². The third-order valence-electron chi connectivity index (χ3n) is 2.70. The van der Waals surface area contributed by atoms with E-state index < -0.39 is 0 Å². The topological polar surface area (TPSA) is 64.2 Å². The summed E-state index contributed by atoms with van der Waals surface area (Å²) in [6, 6.07) is 0. The number of hydrogen-bond acceptors (Lipinski definition) is 4. The first-order valence-corrected chi connectivity index (χ1v) is 5.99. The zero-order chi connectivity index (χ0) is 12.4. The van der Waals surface area contributed by atoms with E-state index >= 15 is 0 Å². The number of rotatable bonds is 2. The lowest BCUT2D eigenvalue weighted by molar-refractivity contribution is -0.0729. The number of nitrogens with zero attached hydrogens (tertiary/aromatic N) is 1. The van der Waals surface area contributed by atoms with Crippen LogP contribution < -0.4 is 10.3 Å². The summed E-state index contributed by atoms with van der Waals surface area (Å²) in [4.78, 5) is 17.6. The van der Waals surface area contributed by atoms with E-state index in [9.17, 15) is 4.79 Å². The molecule has 1 aliphatic rings. The van der Waals surface area contributed by atoms with Crippen molar-refractivity contribution in [3.63, 3.8) is 0 Å². The Morgan fingerprint density at radius 3 is 2.76 bits per heavy atom. The Labute approximate surface area is 104 Å². The summed E-state index contributed by atoms with van der Waals surface area (Å²) in [6.07, 6.45) is 3.11. The fraction of sp³-hybridized carbons (Fsp3) is 0.636. The van der Waals surface area contributed by atoms with E-state index in [-0.39, 0.29) is 34.8 Å². The van der Waals surface area contributed by atoms with Crippen molar-refractivity contribution >= 4 is 11.6 Å². The maximum absolute atomic E-state index is 11.3. The largest absolute Gasteiger partial charge is 0.473 e. The fourth-order valence-corrected chi connectivity index (χ4v) is 2.20. The average Bonchev–Trinajstić information content (AvgIpc) is 2.23. The molecule has 1 fully saturated rings. The molecule has 1 aromatic heterocycles. The van der Waals surface area contributed by atoms with Gasteiger partial charge in [-0.05, 0) is 13.8 Å². The molecule has 5 nitrogen and oxygen atoms in total. The molecule has 6 heteroatoms. The fourth-order valence-electron chi connectivity index (χ4n) is 2.05. The second-order valence-electron chi connectivity index (χ2n) is 4.32. The van der Waals surface area contributed by atoms with Gasteiger partial charge >= 0.3 is 0 Å². The van der Waals surface area contributed by atoms with Crippen LogP contribution in [0, 0.1) is 0 Å². The molecule has 0 aromatic carbocycles. The van der Waals surface area contributed by atoms with Gasteiger partial charge in [0.25, 0.3) is 5.56 Å². The van der Waals surface area contributed by atoms with Gasteiger partial charge in [0.2, 0.25) is 5.88 Å². The van der Waals surface area contributed by atoms with Crippen LogP contribution in [0.2, 0.25) is 5.02 Å². The van der Waals surface area contributed by atoms with Crippen molar-refractivity contribution in [1.29, 1.82) is 0 Å². The van der Waals surface area contributed by atoms with Crippen molar-refractivity contribution in [3.05, 3.63) is 21.7 Å². The summed E-state index contributed by atoms with van der Waals surface area (Å²) in [5.74, 6) is 0.196. The van der Waals surface area contributed by atoms with Crippen LogP contribution in [0.5, 0.6) is 5.88 Å². The highest BCUT2D eigenvalue weighted by Gasteiger charge is 2.26. The SMILES string of the molecule is CC1CC(Oc2nc[nH]c(=O)c2Cl)CC(C)O1. The molecule has 0 saturated carbocycles. The van der Waals surface area contributed by atoms with Gasteiger partial charge in [-0.3, -0.25) is 4.79 Å². The van der Waals surface area contributed by atoms with E-state index in [4.69, 9.17) is 21.1 Å². The number of aromatic amines is 1. The Hall–Kier alpha value is -1.07. The van der Waals surface area contributed by atoms with Gasteiger partial charge in [0.05, 0.1) is 18.5 Å². The lowest BCUT2D eigenvalue weighted by atomic mass is 10.0.